The summed E-state index contributed by atoms with van der Waals surface area (Å²) >= 11 is 0. The first-order chi connectivity index (χ1) is 21.6. The molecule has 4 saturated heterocycles. The van der Waals surface area contributed by atoms with Crippen LogP contribution in [0.4, 0.5) is 0 Å². The van der Waals surface area contributed by atoms with Gasteiger partial charge in [0.2, 0.25) is 0 Å². The SMILES string of the molecule is O=C(CCCCCCCCC(=O)OC(CCC1CCCO1)CCC1CCCO1)OC(CCC1CCCO1)CCC1CCCO1. The highest BCUT2D eigenvalue weighted by atomic mass is 16.5. The van der Waals surface area contributed by atoms with Crippen molar-refractivity contribution < 1.29 is 38.0 Å². The Morgan fingerprint density at radius 1 is 0.477 bits per heavy atom. The van der Waals surface area contributed by atoms with Gasteiger partial charge in [-0.25, -0.2) is 0 Å². The smallest absolute Gasteiger partial charge is 0.306 e. The van der Waals surface area contributed by atoms with Gasteiger partial charge >= 0.3 is 11.9 Å². The van der Waals surface area contributed by atoms with Crippen LogP contribution in [0.25, 0.3) is 0 Å². The summed E-state index contributed by atoms with van der Waals surface area (Å²) in [6, 6.07) is 0. The number of hydrogen-bond acceptors (Lipinski definition) is 8. The summed E-state index contributed by atoms with van der Waals surface area (Å²) in [5.41, 5.74) is 0. The van der Waals surface area contributed by atoms with Gasteiger partial charge in [-0.05, 0) is 116 Å². The summed E-state index contributed by atoms with van der Waals surface area (Å²) in [5, 5.41) is 0. The van der Waals surface area contributed by atoms with Gasteiger partial charge in [-0.1, -0.05) is 25.7 Å². The van der Waals surface area contributed by atoms with E-state index in [9.17, 15) is 9.59 Å². The zero-order valence-corrected chi connectivity index (χ0v) is 27.5. The molecule has 4 atom stereocenters. The van der Waals surface area contributed by atoms with Gasteiger partial charge in [-0.3, -0.25) is 9.59 Å². The summed E-state index contributed by atoms with van der Waals surface area (Å²) in [7, 11) is 0. The van der Waals surface area contributed by atoms with Gasteiger partial charge < -0.3 is 28.4 Å². The molecule has 0 aliphatic carbocycles. The van der Waals surface area contributed by atoms with Crippen molar-refractivity contribution in [3.8, 4) is 0 Å². The van der Waals surface area contributed by atoms with Crippen LogP contribution in [0.3, 0.4) is 0 Å². The summed E-state index contributed by atoms with van der Waals surface area (Å²) in [4.78, 5) is 25.3. The summed E-state index contributed by atoms with van der Waals surface area (Å²) < 4.78 is 35.1. The van der Waals surface area contributed by atoms with E-state index >= 15 is 0 Å². The Balaban J connectivity index is 1.02. The fourth-order valence-electron chi connectivity index (χ4n) is 7.23. The Kier molecular flexibility index (Phi) is 17.5. The molecule has 0 bridgehead atoms. The third-order valence-electron chi connectivity index (χ3n) is 9.95. The van der Waals surface area contributed by atoms with Gasteiger partial charge in [-0.15, -0.1) is 0 Å². The van der Waals surface area contributed by atoms with E-state index in [4.69, 9.17) is 28.4 Å². The molecular formula is C36H62O8. The zero-order valence-electron chi connectivity index (χ0n) is 27.5. The maximum atomic E-state index is 12.6. The number of ether oxygens (including phenoxy) is 6. The molecule has 0 saturated carbocycles. The number of esters is 2. The van der Waals surface area contributed by atoms with Crippen molar-refractivity contribution in [2.45, 2.75) is 191 Å². The number of rotatable bonds is 23. The molecule has 0 aromatic heterocycles. The van der Waals surface area contributed by atoms with Crippen molar-refractivity contribution in [1.29, 1.82) is 0 Å². The predicted molar refractivity (Wildman–Crippen MR) is 170 cm³/mol. The molecule has 4 unspecified atom stereocenters. The van der Waals surface area contributed by atoms with Gasteiger partial charge in [0, 0.05) is 39.3 Å². The normalized spacial score (nSPS) is 26.6. The molecule has 4 rings (SSSR count). The van der Waals surface area contributed by atoms with Crippen LogP contribution in [0.5, 0.6) is 0 Å². The number of carbonyl (C=O) groups is 2. The van der Waals surface area contributed by atoms with Crippen LogP contribution in [0.1, 0.15) is 154 Å². The summed E-state index contributed by atoms with van der Waals surface area (Å²) in [6.45, 7) is 3.45. The van der Waals surface area contributed by atoms with Gasteiger partial charge in [0.1, 0.15) is 12.2 Å². The Morgan fingerprint density at radius 3 is 1.05 bits per heavy atom. The van der Waals surface area contributed by atoms with Crippen LogP contribution in [-0.4, -0.2) is 75.0 Å². The van der Waals surface area contributed by atoms with E-state index in [1.54, 1.807) is 0 Å². The lowest BCUT2D eigenvalue weighted by Crippen LogP contribution is -2.22. The van der Waals surface area contributed by atoms with Crippen molar-refractivity contribution in [1.82, 2.24) is 0 Å². The minimum atomic E-state index is -0.0639. The first-order valence-electron chi connectivity index (χ1n) is 18.5. The first kappa shape index (κ1) is 35.6. The molecule has 0 spiro atoms. The fourth-order valence-corrected chi connectivity index (χ4v) is 7.23. The number of unbranched alkanes of at least 4 members (excludes halogenated alkanes) is 5. The van der Waals surface area contributed by atoms with Crippen LogP contribution in [0.15, 0.2) is 0 Å². The molecular weight excluding hydrogens is 560 g/mol. The minimum Gasteiger partial charge on any atom is -0.462 e. The maximum Gasteiger partial charge on any atom is 0.306 e. The van der Waals surface area contributed by atoms with Crippen molar-refractivity contribution in [3.05, 3.63) is 0 Å². The molecule has 8 nitrogen and oxygen atoms in total. The van der Waals surface area contributed by atoms with Gasteiger partial charge in [0.15, 0.2) is 0 Å². The van der Waals surface area contributed by atoms with Crippen molar-refractivity contribution in [2.75, 3.05) is 26.4 Å². The van der Waals surface area contributed by atoms with Crippen LogP contribution >= 0.6 is 0 Å². The second-order valence-electron chi connectivity index (χ2n) is 13.7. The molecule has 0 N–H and O–H groups in total. The predicted octanol–water partition coefficient (Wildman–Crippen LogP) is 7.77. The molecule has 254 valence electrons. The van der Waals surface area contributed by atoms with Crippen molar-refractivity contribution in [3.63, 3.8) is 0 Å². The Morgan fingerprint density at radius 2 is 0.773 bits per heavy atom. The maximum absolute atomic E-state index is 12.6. The van der Waals surface area contributed by atoms with E-state index in [2.05, 4.69) is 0 Å². The quantitative estimate of drug-likeness (QED) is 0.0844. The third kappa shape index (κ3) is 14.9. The largest absolute Gasteiger partial charge is 0.462 e. The molecule has 4 aliphatic heterocycles. The standard InChI is InChI=1S/C36H62O8/c37-35(43-33(21-17-29-11-7-25-39-29)22-18-30-12-8-26-40-30)15-5-3-1-2-4-6-16-36(38)44-34(23-19-31-13-9-27-41-31)24-20-32-14-10-28-42-32/h29-34H,1-28H2. The second-order valence-corrected chi connectivity index (χ2v) is 13.7. The molecule has 0 amide bonds. The lowest BCUT2D eigenvalue weighted by atomic mass is 10.0. The van der Waals surface area contributed by atoms with E-state index < -0.39 is 0 Å². The van der Waals surface area contributed by atoms with Crippen molar-refractivity contribution in [2.24, 2.45) is 0 Å². The molecule has 4 aliphatic rings. The van der Waals surface area contributed by atoms with E-state index in [1.807, 2.05) is 0 Å². The monoisotopic (exact) mass is 622 g/mol. The average Bonchev–Trinajstić information content (AvgIpc) is 3.86. The second kappa shape index (κ2) is 21.6. The van der Waals surface area contributed by atoms with E-state index in [1.165, 1.54) is 0 Å². The van der Waals surface area contributed by atoms with Crippen LogP contribution in [0.2, 0.25) is 0 Å². The number of hydrogen-bond donors (Lipinski definition) is 0. The molecule has 8 heteroatoms. The van der Waals surface area contributed by atoms with Crippen LogP contribution in [0, 0.1) is 0 Å². The third-order valence-corrected chi connectivity index (χ3v) is 9.95. The highest BCUT2D eigenvalue weighted by molar-refractivity contribution is 5.69. The summed E-state index contributed by atoms with van der Waals surface area (Å²) in [6.07, 6.45) is 24.7. The van der Waals surface area contributed by atoms with Crippen molar-refractivity contribution >= 4 is 11.9 Å². The number of carbonyl (C=O) groups excluding carboxylic acids is 2. The van der Waals surface area contributed by atoms with Gasteiger partial charge in [0.25, 0.3) is 0 Å². The molecule has 0 aromatic rings. The van der Waals surface area contributed by atoms with Gasteiger partial charge in [-0.2, -0.15) is 0 Å². The fraction of sp³-hybridized carbons (Fsp3) is 0.944. The van der Waals surface area contributed by atoms with E-state index in [-0.39, 0.29) is 24.1 Å². The first-order valence-corrected chi connectivity index (χ1v) is 18.5. The highest BCUT2D eigenvalue weighted by Gasteiger charge is 2.25. The van der Waals surface area contributed by atoms with E-state index in [0.717, 1.165) is 168 Å². The average molecular weight is 623 g/mol. The Bertz CT molecular complexity index is 662. The molecule has 44 heavy (non-hydrogen) atoms. The lowest BCUT2D eigenvalue weighted by Gasteiger charge is -2.21. The van der Waals surface area contributed by atoms with Crippen LogP contribution in [-0.2, 0) is 38.0 Å². The molecule has 0 aromatic carbocycles. The Hall–Kier alpha value is -1.22. The molecule has 0 radical (unpaired) electrons. The molecule has 4 fully saturated rings. The molecule has 4 heterocycles. The highest BCUT2D eigenvalue weighted by Crippen LogP contribution is 2.26. The van der Waals surface area contributed by atoms with Gasteiger partial charge in [0.05, 0.1) is 24.4 Å². The zero-order chi connectivity index (χ0) is 30.7. The van der Waals surface area contributed by atoms with E-state index in [0.29, 0.717) is 37.3 Å². The lowest BCUT2D eigenvalue weighted by molar-refractivity contribution is -0.151. The van der Waals surface area contributed by atoms with Crippen LogP contribution < -0.4 is 0 Å². The summed E-state index contributed by atoms with van der Waals surface area (Å²) in [5.74, 6) is -0.128. The Labute approximate surface area is 266 Å². The minimum absolute atomic E-state index is 0.0256. The topological polar surface area (TPSA) is 89.5 Å².